The van der Waals surface area contributed by atoms with Gasteiger partial charge < -0.3 is 0 Å². The van der Waals surface area contributed by atoms with Gasteiger partial charge in [-0.1, -0.05) is 6.07 Å². The molecule has 1 aromatic carbocycles. The highest BCUT2D eigenvalue weighted by Crippen LogP contribution is 2.37. The summed E-state index contributed by atoms with van der Waals surface area (Å²) in [7, 11) is 0. The monoisotopic (exact) mass is 314 g/mol. The van der Waals surface area contributed by atoms with Crippen LogP contribution >= 0.6 is 34.3 Å². The molecule has 19 heavy (non-hydrogen) atoms. The minimum absolute atomic E-state index is 0.287. The SMILES string of the molecule is Fc1ccc(CC(Cl)c2cc3sccc3s2)c(F)c1. The molecule has 0 nitrogen and oxygen atoms in total. The fourth-order valence-corrected chi connectivity index (χ4v) is 4.38. The second kappa shape index (κ2) is 5.19. The van der Waals surface area contributed by atoms with Crippen LogP contribution in [0.25, 0.3) is 9.40 Å². The standard InChI is InChI=1S/C14H9ClF2S2/c15-10(5-8-1-2-9(16)6-11(8)17)13-7-14-12(19-13)3-4-18-14/h1-4,6-7,10H,5H2. The fourth-order valence-electron chi connectivity index (χ4n) is 1.92. The van der Waals surface area contributed by atoms with E-state index in [0.717, 1.165) is 10.9 Å². The molecule has 0 radical (unpaired) electrons. The van der Waals surface area contributed by atoms with Crippen LogP contribution in [0.3, 0.4) is 0 Å². The first kappa shape index (κ1) is 13.0. The fraction of sp³-hybridized carbons (Fsp3) is 0.143. The molecular formula is C14H9ClF2S2. The maximum atomic E-state index is 13.6. The smallest absolute Gasteiger partial charge is 0.129 e. The van der Waals surface area contributed by atoms with Crippen molar-refractivity contribution in [2.45, 2.75) is 11.8 Å². The molecule has 0 aliphatic carbocycles. The molecule has 0 spiro atoms. The third-order valence-electron chi connectivity index (χ3n) is 2.88. The van der Waals surface area contributed by atoms with Crippen molar-refractivity contribution in [2.24, 2.45) is 0 Å². The number of rotatable bonds is 3. The van der Waals surface area contributed by atoms with Gasteiger partial charge in [-0.15, -0.1) is 34.3 Å². The first-order valence-electron chi connectivity index (χ1n) is 5.68. The Bertz CT molecular complexity index is 689. The lowest BCUT2D eigenvalue weighted by molar-refractivity contribution is 0.571. The molecule has 0 fully saturated rings. The van der Waals surface area contributed by atoms with Crippen LogP contribution in [0.2, 0.25) is 0 Å². The average Bonchev–Trinajstić information content (AvgIpc) is 2.93. The van der Waals surface area contributed by atoms with E-state index in [1.165, 1.54) is 21.5 Å². The molecule has 0 N–H and O–H groups in total. The highest BCUT2D eigenvalue weighted by atomic mass is 35.5. The van der Waals surface area contributed by atoms with Gasteiger partial charge in [0.05, 0.1) is 5.38 Å². The van der Waals surface area contributed by atoms with Gasteiger partial charge in [0.1, 0.15) is 11.6 Å². The number of hydrogen-bond donors (Lipinski definition) is 0. The van der Waals surface area contributed by atoms with Crippen molar-refractivity contribution in [2.75, 3.05) is 0 Å². The Morgan fingerprint density at radius 2 is 1.95 bits per heavy atom. The van der Waals surface area contributed by atoms with Crippen LogP contribution in [-0.2, 0) is 6.42 Å². The predicted octanol–water partition coefficient (Wildman–Crippen LogP) is 5.76. The topological polar surface area (TPSA) is 0 Å². The largest absolute Gasteiger partial charge is 0.207 e. The molecule has 0 bridgehead atoms. The van der Waals surface area contributed by atoms with Gasteiger partial charge in [-0.25, -0.2) is 8.78 Å². The van der Waals surface area contributed by atoms with E-state index in [0.29, 0.717) is 12.0 Å². The zero-order valence-electron chi connectivity index (χ0n) is 9.70. The molecule has 1 unspecified atom stereocenters. The lowest BCUT2D eigenvalue weighted by atomic mass is 10.1. The zero-order chi connectivity index (χ0) is 13.4. The van der Waals surface area contributed by atoms with Crippen LogP contribution in [-0.4, -0.2) is 0 Å². The summed E-state index contributed by atoms with van der Waals surface area (Å²) in [5.74, 6) is -1.10. The highest BCUT2D eigenvalue weighted by molar-refractivity contribution is 7.27. The summed E-state index contributed by atoms with van der Waals surface area (Å²) < 4.78 is 28.8. The molecule has 98 valence electrons. The lowest BCUT2D eigenvalue weighted by Gasteiger charge is -2.08. The Morgan fingerprint density at radius 1 is 1.11 bits per heavy atom. The van der Waals surface area contributed by atoms with Crippen LogP contribution in [0.5, 0.6) is 0 Å². The number of halogens is 3. The molecule has 0 aliphatic heterocycles. The van der Waals surface area contributed by atoms with Crippen molar-refractivity contribution in [3.05, 3.63) is 57.8 Å². The van der Waals surface area contributed by atoms with Gasteiger partial charge in [0.2, 0.25) is 0 Å². The summed E-state index contributed by atoms with van der Waals surface area (Å²) in [5, 5.41) is 1.75. The predicted molar refractivity (Wildman–Crippen MR) is 78.4 cm³/mol. The highest BCUT2D eigenvalue weighted by Gasteiger charge is 2.15. The molecule has 0 saturated carbocycles. The van der Waals surface area contributed by atoms with E-state index in [1.54, 1.807) is 22.7 Å². The molecule has 2 aromatic heterocycles. The van der Waals surface area contributed by atoms with Crippen LogP contribution in [0.1, 0.15) is 15.8 Å². The van der Waals surface area contributed by atoms with E-state index in [9.17, 15) is 8.78 Å². The third kappa shape index (κ3) is 2.66. The molecule has 5 heteroatoms. The van der Waals surface area contributed by atoms with Crippen molar-refractivity contribution in [3.63, 3.8) is 0 Å². The summed E-state index contributed by atoms with van der Waals surface area (Å²) >= 11 is 9.62. The Morgan fingerprint density at radius 3 is 2.68 bits per heavy atom. The maximum absolute atomic E-state index is 13.6. The van der Waals surface area contributed by atoms with Crippen LogP contribution in [0.4, 0.5) is 8.78 Å². The van der Waals surface area contributed by atoms with Crippen LogP contribution < -0.4 is 0 Å². The number of alkyl halides is 1. The summed E-state index contributed by atoms with van der Waals surface area (Å²) in [6.45, 7) is 0. The number of thiophene rings is 2. The third-order valence-corrected chi connectivity index (χ3v) is 5.61. The Balaban J connectivity index is 1.84. The molecule has 1 atom stereocenters. The number of fused-ring (bicyclic) bond motifs is 1. The Hall–Kier alpha value is -0.970. The quantitative estimate of drug-likeness (QED) is 0.539. The summed E-state index contributed by atoms with van der Waals surface area (Å²) in [5.41, 5.74) is 0.443. The van der Waals surface area contributed by atoms with Crippen molar-refractivity contribution in [3.8, 4) is 0 Å². The summed E-state index contributed by atoms with van der Waals surface area (Å²) in [6, 6.07) is 7.71. The van der Waals surface area contributed by atoms with E-state index in [1.807, 2.05) is 11.4 Å². The summed E-state index contributed by atoms with van der Waals surface area (Å²) in [6.07, 6.45) is 0.363. The number of benzene rings is 1. The molecule has 2 heterocycles. The first-order chi connectivity index (χ1) is 9.13. The van der Waals surface area contributed by atoms with Gasteiger partial charge in [-0.05, 0) is 35.6 Å². The van der Waals surface area contributed by atoms with E-state index in [-0.39, 0.29) is 5.38 Å². The van der Waals surface area contributed by atoms with Gasteiger partial charge in [0, 0.05) is 20.3 Å². The lowest BCUT2D eigenvalue weighted by Crippen LogP contribution is -1.97. The Labute approximate surface area is 122 Å². The molecule has 3 rings (SSSR count). The summed E-state index contributed by atoms with van der Waals surface area (Å²) in [4.78, 5) is 1.02. The zero-order valence-corrected chi connectivity index (χ0v) is 12.1. The van der Waals surface area contributed by atoms with Gasteiger partial charge >= 0.3 is 0 Å². The minimum Gasteiger partial charge on any atom is -0.207 e. The van der Waals surface area contributed by atoms with Crippen LogP contribution in [0, 0.1) is 11.6 Å². The van der Waals surface area contributed by atoms with Gasteiger partial charge in [-0.3, -0.25) is 0 Å². The van der Waals surface area contributed by atoms with Crippen molar-refractivity contribution >= 4 is 43.7 Å². The van der Waals surface area contributed by atoms with Gasteiger partial charge in [0.15, 0.2) is 0 Å². The van der Waals surface area contributed by atoms with E-state index in [2.05, 4.69) is 6.07 Å². The van der Waals surface area contributed by atoms with Gasteiger partial charge in [-0.2, -0.15) is 0 Å². The van der Waals surface area contributed by atoms with Crippen LogP contribution in [0.15, 0.2) is 35.7 Å². The van der Waals surface area contributed by atoms with E-state index < -0.39 is 11.6 Å². The minimum atomic E-state index is -0.566. The van der Waals surface area contributed by atoms with Gasteiger partial charge in [0.25, 0.3) is 0 Å². The average molecular weight is 315 g/mol. The second-order valence-corrected chi connectivity index (χ2v) is 6.80. The molecule has 0 amide bonds. The van der Waals surface area contributed by atoms with Crippen molar-refractivity contribution in [1.29, 1.82) is 0 Å². The maximum Gasteiger partial charge on any atom is 0.129 e. The second-order valence-electron chi connectivity index (χ2n) is 4.21. The first-order valence-corrected chi connectivity index (χ1v) is 7.81. The molecular weight excluding hydrogens is 306 g/mol. The van der Waals surface area contributed by atoms with Crippen molar-refractivity contribution < 1.29 is 8.78 Å². The molecule has 3 aromatic rings. The van der Waals surface area contributed by atoms with Crippen molar-refractivity contribution in [1.82, 2.24) is 0 Å². The van der Waals surface area contributed by atoms with E-state index in [4.69, 9.17) is 11.6 Å². The molecule has 0 saturated heterocycles. The van der Waals surface area contributed by atoms with E-state index >= 15 is 0 Å². The number of hydrogen-bond acceptors (Lipinski definition) is 2. The Kier molecular flexibility index (Phi) is 3.56. The molecule has 0 aliphatic rings. The normalized spacial score (nSPS) is 13.0.